The predicted octanol–water partition coefficient (Wildman–Crippen LogP) is 7.17. The van der Waals surface area contributed by atoms with Crippen LogP contribution in [-0.4, -0.2) is 34.0 Å². The smallest absolute Gasteiger partial charge is 0.362 e. The van der Waals surface area contributed by atoms with E-state index in [0.717, 1.165) is 35.4 Å². The number of hydrogen-bond donors (Lipinski definition) is 0. The number of rotatable bonds is 18. The highest BCUT2D eigenvalue weighted by Crippen LogP contribution is 2.20. The van der Waals surface area contributed by atoms with E-state index in [0.29, 0.717) is 30.4 Å². The van der Waals surface area contributed by atoms with Crippen molar-refractivity contribution in [3.63, 3.8) is 0 Å². The summed E-state index contributed by atoms with van der Waals surface area (Å²) in [6.45, 7) is 2.98. The van der Waals surface area contributed by atoms with E-state index in [2.05, 4.69) is 17.1 Å². The van der Waals surface area contributed by atoms with E-state index in [4.69, 9.17) is 21.0 Å². The number of aryl methyl sites for hydroxylation is 1. The molecule has 0 bridgehead atoms. The molecule has 204 valence electrons. The van der Waals surface area contributed by atoms with Crippen LogP contribution in [0, 0.1) is 0 Å². The average molecular weight is 540 g/mol. The van der Waals surface area contributed by atoms with Crippen LogP contribution < -0.4 is 0 Å². The van der Waals surface area contributed by atoms with Crippen molar-refractivity contribution in [2.75, 3.05) is 6.54 Å². The molecule has 38 heavy (non-hydrogen) atoms. The van der Waals surface area contributed by atoms with E-state index in [1.54, 1.807) is 6.07 Å². The molecule has 0 spiro atoms. The van der Waals surface area contributed by atoms with Crippen molar-refractivity contribution >= 4 is 23.9 Å². The third kappa shape index (κ3) is 10.8. The van der Waals surface area contributed by atoms with Crippen molar-refractivity contribution < 1.29 is 18.9 Å². The predicted molar refractivity (Wildman–Crippen MR) is 148 cm³/mol. The number of carbonyl (C=O) groups is 2. The number of carbonyl (C=O) groups excluding carboxylic acids is 2. The van der Waals surface area contributed by atoms with Crippen LogP contribution in [0.3, 0.4) is 0 Å². The van der Waals surface area contributed by atoms with Gasteiger partial charge in [0.1, 0.15) is 0 Å². The lowest BCUT2D eigenvalue weighted by molar-refractivity contribution is -0.191. The van der Waals surface area contributed by atoms with Gasteiger partial charge in [0.15, 0.2) is 5.82 Å². The number of hydroxylamine groups is 2. The van der Waals surface area contributed by atoms with Gasteiger partial charge in [0, 0.05) is 23.6 Å². The Morgan fingerprint density at radius 3 is 2.34 bits per heavy atom. The Morgan fingerprint density at radius 2 is 1.66 bits per heavy atom. The number of aromatic nitrogens is 2. The Kier molecular flexibility index (Phi) is 13.0. The quantitative estimate of drug-likeness (QED) is 0.0733. The van der Waals surface area contributed by atoms with Crippen LogP contribution in [0.1, 0.15) is 81.7 Å². The highest BCUT2D eigenvalue weighted by Gasteiger charge is 2.14. The Morgan fingerprint density at radius 1 is 0.947 bits per heavy atom. The summed E-state index contributed by atoms with van der Waals surface area (Å²) in [6, 6.07) is 15.1. The molecule has 0 unspecified atom stereocenters. The van der Waals surface area contributed by atoms with E-state index >= 15 is 0 Å². The van der Waals surface area contributed by atoms with Gasteiger partial charge in [-0.1, -0.05) is 99.3 Å². The lowest BCUT2D eigenvalue weighted by Gasteiger charge is -2.20. The minimum absolute atomic E-state index is 0.164. The molecule has 0 saturated heterocycles. The maximum Gasteiger partial charge on any atom is 0.390 e. The Bertz CT molecular complexity index is 1120. The second kappa shape index (κ2) is 16.7. The first-order valence-corrected chi connectivity index (χ1v) is 14.0. The second-order valence-corrected chi connectivity index (χ2v) is 10.00. The minimum Gasteiger partial charge on any atom is -0.362 e. The van der Waals surface area contributed by atoms with Crippen molar-refractivity contribution in [1.29, 1.82) is 0 Å². The monoisotopic (exact) mass is 539 g/mol. The first kappa shape index (κ1) is 29.5. The molecular formula is C30H38ClN3O4. The van der Waals surface area contributed by atoms with E-state index in [1.165, 1.54) is 56.4 Å². The van der Waals surface area contributed by atoms with Crippen LogP contribution in [-0.2, 0) is 33.8 Å². The number of halogens is 1. The molecule has 0 amide bonds. The fraction of sp³-hybridized carbons (Fsp3) is 0.467. The third-order valence-electron chi connectivity index (χ3n) is 6.39. The van der Waals surface area contributed by atoms with Gasteiger partial charge in [0.2, 0.25) is 6.29 Å². The van der Waals surface area contributed by atoms with Crippen molar-refractivity contribution in [2.45, 2.75) is 84.1 Å². The topological polar surface area (TPSA) is 85.5 Å². The molecular weight excluding hydrogens is 502 g/mol. The zero-order chi connectivity index (χ0) is 27.0. The van der Waals surface area contributed by atoms with Gasteiger partial charge in [-0.2, -0.15) is 4.98 Å². The van der Waals surface area contributed by atoms with Gasteiger partial charge in [-0.25, -0.2) is 4.79 Å². The molecule has 0 aliphatic carbocycles. The highest BCUT2D eigenvalue weighted by atomic mass is 35.5. The molecule has 0 aliphatic rings. The molecule has 0 fully saturated rings. The molecule has 0 aliphatic heterocycles. The molecule has 0 atom stereocenters. The van der Waals surface area contributed by atoms with Crippen LogP contribution in [0.4, 0.5) is 0 Å². The Labute approximate surface area is 230 Å². The van der Waals surface area contributed by atoms with E-state index in [9.17, 15) is 9.59 Å². The number of aldehydes is 1. The fourth-order valence-corrected chi connectivity index (χ4v) is 4.49. The fourth-order valence-electron chi connectivity index (χ4n) is 4.27. The number of hydrogen-bond acceptors (Lipinski definition) is 7. The Balaban J connectivity index is 1.46. The van der Waals surface area contributed by atoms with Crippen molar-refractivity contribution in [2.24, 2.45) is 0 Å². The average Bonchev–Trinajstić information content (AvgIpc) is 3.40. The third-order valence-corrected chi connectivity index (χ3v) is 6.62. The van der Waals surface area contributed by atoms with Crippen molar-refractivity contribution in [3.05, 3.63) is 70.5 Å². The first-order valence-electron chi connectivity index (χ1n) is 13.7. The van der Waals surface area contributed by atoms with Gasteiger partial charge in [-0.15, -0.1) is 5.06 Å². The molecule has 0 radical (unpaired) electrons. The summed E-state index contributed by atoms with van der Waals surface area (Å²) >= 11 is 6.06. The lowest BCUT2D eigenvalue weighted by Crippen LogP contribution is -2.29. The molecule has 3 rings (SSSR count). The summed E-state index contributed by atoms with van der Waals surface area (Å²) < 4.78 is 5.48. The highest BCUT2D eigenvalue weighted by molar-refractivity contribution is 6.30. The zero-order valence-electron chi connectivity index (χ0n) is 22.2. The summed E-state index contributed by atoms with van der Waals surface area (Å²) in [5, 5.41) is 6.26. The van der Waals surface area contributed by atoms with Gasteiger partial charge < -0.3 is 9.36 Å². The van der Waals surface area contributed by atoms with Crippen molar-refractivity contribution in [1.82, 2.24) is 15.2 Å². The summed E-state index contributed by atoms with van der Waals surface area (Å²) in [7, 11) is 0. The van der Waals surface area contributed by atoms with Gasteiger partial charge >= 0.3 is 5.97 Å². The van der Waals surface area contributed by atoms with Crippen LogP contribution in [0.5, 0.6) is 0 Å². The molecule has 2 aromatic carbocycles. The molecule has 1 heterocycles. The van der Waals surface area contributed by atoms with E-state index < -0.39 is 5.97 Å². The molecule has 3 aromatic rings. The van der Waals surface area contributed by atoms with Crippen LogP contribution in [0.25, 0.3) is 11.5 Å². The summed E-state index contributed by atoms with van der Waals surface area (Å²) in [4.78, 5) is 32.2. The van der Waals surface area contributed by atoms with E-state index in [1.807, 2.05) is 42.5 Å². The van der Waals surface area contributed by atoms with Gasteiger partial charge in [-0.05, 0) is 48.2 Å². The lowest BCUT2D eigenvalue weighted by atomic mass is 10.1. The minimum atomic E-state index is -0.932. The standard InChI is InChI=1S/C30H38ClN3O4/c1-2-3-4-5-6-7-8-9-10-14-28-32-30(37-33-28)26-17-15-25(16-18-26)22-34(38-29(36)23-35)20-19-24-12-11-13-27(31)21-24/h11-13,15-18,21,23H,2-10,14,19-20,22H2,1H3. The molecule has 1 aromatic heterocycles. The largest absolute Gasteiger partial charge is 0.390 e. The maximum absolute atomic E-state index is 11.6. The van der Waals surface area contributed by atoms with Gasteiger partial charge in [0.25, 0.3) is 5.89 Å². The van der Waals surface area contributed by atoms with Crippen LogP contribution in [0.2, 0.25) is 5.02 Å². The molecule has 8 heteroatoms. The normalized spacial score (nSPS) is 11.1. The maximum atomic E-state index is 11.6. The number of unbranched alkanes of at least 4 members (excludes halogenated alkanes) is 8. The van der Waals surface area contributed by atoms with Crippen molar-refractivity contribution in [3.8, 4) is 11.5 Å². The number of nitrogens with zero attached hydrogens (tertiary/aromatic N) is 3. The van der Waals surface area contributed by atoms with Gasteiger partial charge in [0.05, 0.1) is 6.54 Å². The summed E-state index contributed by atoms with van der Waals surface area (Å²) in [5.74, 6) is 0.297. The second-order valence-electron chi connectivity index (χ2n) is 9.56. The van der Waals surface area contributed by atoms with Crippen LogP contribution in [0.15, 0.2) is 53.1 Å². The summed E-state index contributed by atoms with van der Waals surface area (Å²) in [5.41, 5.74) is 2.75. The molecule has 0 saturated carbocycles. The zero-order valence-corrected chi connectivity index (χ0v) is 23.0. The van der Waals surface area contributed by atoms with Gasteiger partial charge in [-0.3, -0.25) is 4.79 Å². The molecule has 0 N–H and O–H groups in total. The Hall–Kier alpha value is -3.03. The molecule has 7 nitrogen and oxygen atoms in total. The number of benzene rings is 2. The first-order chi connectivity index (χ1) is 18.6. The van der Waals surface area contributed by atoms with Crippen LogP contribution >= 0.6 is 11.6 Å². The SMILES string of the molecule is CCCCCCCCCCCc1noc(-c2ccc(CN(CCc3cccc(Cl)c3)OC(=O)C=O)cc2)n1. The van der Waals surface area contributed by atoms with E-state index in [-0.39, 0.29) is 6.29 Å². The summed E-state index contributed by atoms with van der Waals surface area (Å²) in [6.07, 6.45) is 13.1.